The van der Waals surface area contributed by atoms with Crippen LogP contribution in [0.4, 0.5) is 0 Å². The van der Waals surface area contributed by atoms with Gasteiger partial charge in [0.15, 0.2) is 5.82 Å². The highest BCUT2D eigenvalue weighted by Gasteiger charge is 2.04. The van der Waals surface area contributed by atoms with Gasteiger partial charge in [-0.2, -0.15) is 0 Å². The number of benzene rings is 1. The van der Waals surface area contributed by atoms with Gasteiger partial charge in [-0.25, -0.2) is 4.68 Å². The number of hydrogen-bond donors (Lipinski definition) is 1. The molecule has 0 aliphatic carbocycles. The molecule has 0 bridgehead atoms. The summed E-state index contributed by atoms with van der Waals surface area (Å²) >= 11 is 0. The van der Waals surface area contributed by atoms with Gasteiger partial charge >= 0.3 is 0 Å². The van der Waals surface area contributed by atoms with Gasteiger partial charge < -0.3 is 10.5 Å². The van der Waals surface area contributed by atoms with E-state index < -0.39 is 0 Å². The number of ether oxygens (including phenoxy) is 1. The molecule has 2 rings (SSSR count). The van der Waals surface area contributed by atoms with Gasteiger partial charge in [-0.05, 0) is 34.5 Å². The number of nitrogens with zero attached hydrogens (tertiary/aromatic N) is 4. The quantitative estimate of drug-likeness (QED) is 0.822. The van der Waals surface area contributed by atoms with Crippen LogP contribution in [-0.2, 0) is 13.1 Å². The fourth-order valence-corrected chi connectivity index (χ4v) is 1.58. The molecule has 0 saturated heterocycles. The summed E-state index contributed by atoms with van der Waals surface area (Å²) in [5, 5.41) is 11.3. The first-order valence-corrected chi connectivity index (χ1v) is 6.00. The summed E-state index contributed by atoms with van der Waals surface area (Å²) in [4.78, 5) is 0. The van der Waals surface area contributed by atoms with E-state index in [9.17, 15) is 0 Å². The van der Waals surface area contributed by atoms with Crippen molar-refractivity contribution in [1.82, 2.24) is 20.2 Å². The maximum absolute atomic E-state index is 5.54. The highest BCUT2D eigenvalue weighted by atomic mass is 16.5. The fraction of sp³-hybridized carbons (Fsp3) is 0.417. The molecule has 96 valence electrons. The van der Waals surface area contributed by atoms with Gasteiger partial charge in [-0.3, -0.25) is 0 Å². The molecule has 0 amide bonds. The zero-order valence-electron chi connectivity index (χ0n) is 10.4. The average Bonchev–Trinajstić information content (AvgIpc) is 2.85. The average molecular weight is 247 g/mol. The number of tetrazole rings is 1. The van der Waals surface area contributed by atoms with Crippen LogP contribution >= 0.6 is 0 Å². The number of aromatic nitrogens is 4. The van der Waals surface area contributed by atoms with Crippen LogP contribution in [0.2, 0.25) is 0 Å². The van der Waals surface area contributed by atoms with Crippen LogP contribution in [0.3, 0.4) is 0 Å². The smallest absolute Gasteiger partial charge is 0.165 e. The van der Waals surface area contributed by atoms with Crippen molar-refractivity contribution in [2.45, 2.75) is 26.4 Å². The van der Waals surface area contributed by atoms with Crippen LogP contribution in [-0.4, -0.2) is 26.8 Å². The van der Waals surface area contributed by atoms with E-state index in [1.807, 2.05) is 24.3 Å². The number of nitrogens with two attached hydrogens (primary N) is 1. The Bertz CT molecular complexity index is 479. The molecule has 0 unspecified atom stereocenters. The predicted molar refractivity (Wildman–Crippen MR) is 67.0 cm³/mol. The van der Waals surface area contributed by atoms with E-state index in [4.69, 9.17) is 10.5 Å². The van der Waals surface area contributed by atoms with E-state index in [2.05, 4.69) is 22.4 Å². The van der Waals surface area contributed by atoms with Crippen molar-refractivity contribution in [1.29, 1.82) is 0 Å². The molecular weight excluding hydrogens is 230 g/mol. The molecule has 0 spiro atoms. The summed E-state index contributed by atoms with van der Waals surface area (Å²) in [6.45, 7) is 3.78. The Morgan fingerprint density at radius 2 is 2.06 bits per heavy atom. The van der Waals surface area contributed by atoms with Crippen molar-refractivity contribution < 1.29 is 4.74 Å². The molecule has 1 aromatic heterocycles. The minimum Gasteiger partial charge on any atom is -0.494 e. The van der Waals surface area contributed by atoms with E-state index in [1.165, 1.54) is 0 Å². The molecule has 0 aliphatic rings. The van der Waals surface area contributed by atoms with Gasteiger partial charge in [0.05, 0.1) is 19.7 Å². The van der Waals surface area contributed by atoms with Gasteiger partial charge in [-0.1, -0.05) is 19.1 Å². The molecule has 6 heteroatoms. The van der Waals surface area contributed by atoms with Crippen molar-refractivity contribution >= 4 is 0 Å². The summed E-state index contributed by atoms with van der Waals surface area (Å²) in [5.41, 5.74) is 6.66. The number of rotatable bonds is 6. The first-order chi connectivity index (χ1) is 8.83. The van der Waals surface area contributed by atoms with Gasteiger partial charge in [0.1, 0.15) is 5.75 Å². The standard InChI is InChI=1S/C12H17N5O/c1-2-7-18-11-5-3-10(4-6-11)9-17-12(8-13)14-15-16-17/h3-6H,2,7-9,13H2,1H3. The van der Waals surface area contributed by atoms with E-state index >= 15 is 0 Å². The summed E-state index contributed by atoms with van der Waals surface area (Å²) in [6.07, 6.45) is 1.01. The molecule has 6 nitrogen and oxygen atoms in total. The largest absolute Gasteiger partial charge is 0.494 e. The third-order valence-electron chi connectivity index (χ3n) is 2.52. The molecule has 18 heavy (non-hydrogen) atoms. The SMILES string of the molecule is CCCOc1ccc(Cn2nnnc2CN)cc1. The molecule has 0 saturated carbocycles. The minimum atomic E-state index is 0.338. The normalized spacial score (nSPS) is 10.6. The lowest BCUT2D eigenvalue weighted by molar-refractivity contribution is 0.317. The predicted octanol–water partition coefficient (Wildman–Crippen LogP) is 0.969. The van der Waals surface area contributed by atoms with Crippen LogP contribution in [0.5, 0.6) is 5.75 Å². The van der Waals surface area contributed by atoms with Gasteiger partial charge in [0.2, 0.25) is 0 Å². The summed E-state index contributed by atoms with van der Waals surface area (Å²) in [5.74, 6) is 1.57. The molecular formula is C12H17N5O. The Balaban J connectivity index is 2.02. The molecule has 1 heterocycles. The third kappa shape index (κ3) is 3.04. The molecule has 0 radical (unpaired) electrons. The van der Waals surface area contributed by atoms with Gasteiger partial charge in [0, 0.05) is 0 Å². The van der Waals surface area contributed by atoms with Gasteiger partial charge in [-0.15, -0.1) is 5.10 Å². The number of hydrogen-bond acceptors (Lipinski definition) is 5. The van der Waals surface area contributed by atoms with Crippen molar-refractivity contribution in [2.75, 3.05) is 6.61 Å². The Kier molecular flexibility index (Phi) is 4.25. The van der Waals surface area contributed by atoms with Crippen molar-refractivity contribution in [3.63, 3.8) is 0 Å². The Morgan fingerprint density at radius 3 is 2.72 bits per heavy atom. The highest BCUT2D eigenvalue weighted by molar-refractivity contribution is 5.27. The van der Waals surface area contributed by atoms with Crippen LogP contribution in [0, 0.1) is 0 Å². The first-order valence-electron chi connectivity index (χ1n) is 6.00. The van der Waals surface area contributed by atoms with E-state index in [1.54, 1.807) is 4.68 Å². The summed E-state index contributed by atoms with van der Waals surface area (Å²) < 4.78 is 7.22. The van der Waals surface area contributed by atoms with E-state index in [-0.39, 0.29) is 0 Å². The summed E-state index contributed by atoms with van der Waals surface area (Å²) in [6, 6.07) is 7.93. The van der Waals surface area contributed by atoms with Crippen LogP contribution in [0.25, 0.3) is 0 Å². The highest BCUT2D eigenvalue weighted by Crippen LogP contribution is 2.13. The molecule has 0 fully saturated rings. The zero-order valence-corrected chi connectivity index (χ0v) is 10.4. The van der Waals surface area contributed by atoms with Crippen LogP contribution < -0.4 is 10.5 Å². The first kappa shape index (κ1) is 12.5. The molecule has 0 aliphatic heterocycles. The van der Waals surface area contributed by atoms with Gasteiger partial charge in [0.25, 0.3) is 0 Å². The zero-order chi connectivity index (χ0) is 12.8. The van der Waals surface area contributed by atoms with Crippen LogP contribution in [0.15, 0.2) is 24.3 Å². The second-order valence-corrected chi connectivity index (χ2v) is 3.95. The minimum absolute atomic E-state index is 0.338. The van der Waals surface area contributed by atoms with E-state index in [0.29, 0.717) is 18.9 Å². The summed E-state index contributed by atoms with van der Waals surface area (Å²) in [7, 11) is 0. The van der Waals surface area contributed by atoms with Crippen molar-refractivity contribution in [3.05, 3.63) is 35.7 Å². The fourth-order valence-electron chi connectivity index (χ4n) is 1.58. The second kappa shape index (κ2) is 6.11. The molecule has 1 aromatic carbocycles. The Morgan fingerprint density at radius 1 is 1.28 bits per heavy atom. The topological polar surface area (TPSA) is 78.8 Å². The maximum atomic E-state index is 5.54. The lowest BCUT2D eigenvalue weighted by atomic mass is 10.2. The lowest BCUT2D eigenvalue weighted by Crippen LogP contribution is -2.10. The second-order valence-electron chi connectivity index (χ2n) is 3.95. The third-order valence-corrected chi connectivity index (χ3v) is 2.52. The van der Waals surface area contributed by atoms with Crippen molar-refractivity contribution in [3.8, 4) is 5.75 Å². The monoisotopic (exact) mass is 247 g/mol. The molecule has 2 N–H and O–H groups in total. The van der Waals surface area contributed by atoms with E-state index in [0.717, 1.165) is 24.3 Å². The van der Waals surface area contributed by atoms with Crippen molar-refractivity contribution in [2.24, 2.45) is 5.73 Å². The maximum Gasteiger partial charge on any atom is 0.165 e. The Labute approximate surface area is 106 Å². The lowest BCUT2D eigenvalue weighted by Gasteiger charge is -2.06. The van der Waals surface area contributed by atoms with Crippen LogP contribution in [0.1, 0.15) is 24.7 Å². The molecule has 2 aromatic rings. The Hall–Kier alpha value is -1.95. The molecule has 0 atom stereocenters.